The predicted molar refractivity (Wildman–Crippen MR) is 83.3 cm³/mol. The van der Waals surface area contributed by atoms with E-state index < -0.39 is 11.9 Å². The van der Waals surface area contributed by atoms with E-state index in [9.17, 15) is 9.59 Å². The van der Waals surface area contributed by atoms with Gasteiger partial charge in [-0.25, -0.2) is 19.6 Å². The Hall–Kier alpha value is -2.96. The molecule has 0 radical (unpaired) electrons. The fourth-order valence-corrected chi connectivity index (χ4v) is 2.31. The van der Waals surface area contributed by atoms with E-state index in [4.69, 9.17) is 9.47 Å². The van der Waals surface area contributed by atoms with Crippen LogP contribution in [0.2, 0.25) is 0 Å². The molecule has 2 heterocycles. The third-order valence-electron chi connectivity index (χ3n) is 3.30. The zero-order valence-corrected chi connectivity index (χ0v) is 12.8. The smallest absolute Gasteiger partial charge is 0.376 e. The summed E-state index contributed by atoms with van der Waals surface area (Å²) in [6.45, 7) is 4.02. The van der Waals surface area contributed by atoms with Crippen LogP contribution in [-0.4, -0.2) is 40.1 Å². The Labute approximate surface area is 131 Å². The van der Waals surface area contributed by atoms with Gasteiger partial charge in [-0.05, 0) is 32.0 Å². The highest BCUT2D eigenvalue weighted by atomic mass is 16.5. The molecule has 118 valence electrons. The first-order chi connectivity index (χ1) is 11.1. The van der Waals surface area contributed by atoms with Gasteiger partial charge in [0.25, 0.3) is 0 Å². The Kier molecular flexibility index (Phi) is 3.92. The molecule has 23 heavy (non-hydrogen) atoms. The average molecular weight is 313 g/mol. The van der Waals surface area contributed by atoms with Gasteiger partial charge in [0.1, 0.15) is 5.52 Å². The second kappa shape index (κ2) is 6.04. The molecule has 0 saturated carbocycles. The molecule has 0 saturated heterocycles. The first-order valence-corrected chi connectivity index (χ1v) is 7.26. The number of hydrogen-bond acceptors (Lipinski definition) is 6. The fraction of sp³-hybridized carbons (Fsp3) is 0.250. The Balaban J connectivity index is 2.13. The van der Waals surface area contributed by atoms with E-state index in [0.29, 0.717) is 23.2 Å². The van der Waals surface area contributed by atoms with Gasteiger partial charge < -0.3 is 14.5 Å². The Bertz CT molecular complexity index is 829. The lowest BCUT2D eigenvalue weighted by atomic mass is 10.1. The maximum Gasteiger partial charge on any atom is 0.376 e. The summed E-state index contributed by atoms with van der Waals surface area (Å²) in [6, 6.07) is 5.14. The highest BCUT2D eigenvalue weighted by Gasteiger charge is 2.15. The maximum atomic E-state index is 11.9. The number of H-pyrrole nitrogens is 1. The molecule has 0 fully saturated rings. The van der Waals surface area contributed by atoms with E-state index in [1.54, 1.807) is 32.0 Å². The van der Waals surface area contributed by atoms with Gasteiger partial charge >= 0.3 is 11.9 Å². The molecule has 1 aromatic carbocycles. The van der Waals surface area contributed by atoms with E-state index >= 15 is 0 Å². The summed E-state index contributed by atoms with van der Waals surface area (Å²) in [6.07, 6.45) is 1.53. The summed E-state index contributed by atoms with van der Waals surface area (Å²) in [5, 5.41) is 0.721. The first kappa shape index (κ1) is 15.0. The van der Waals surface area contributed by atoms with Crippen molar-refractivity contribution < 1.29 is 19.1 Å². The van der Waals surface area contributed by atoms with Crippen molar-refractivity contribution >= 4 is 33.9 Å². The number of aromatic nitrogens is 3. The number of fused-ring (bicyclic) bond motifs is 3. The molecule has 0 bridgehead atoms. The van der Waals surface area contributed by atoms with Crippen LogP contribution >= 0.6 is 0 Å². The number of nitrogens with one attached hydrogen (secondary N) is 1. The predicted octanol–water partition coefficient (Wildman–Crippen LogP) is 2.46. The van der Waals surface area contributed by atoms with Crippen molar-refractivity contribution in [1.82, 2.24) is 15.0 Å². The molecule has 0 aliphatic rings. The number of esters is 2. The number of ether oxygens (including phenoxy) is 2. The van der Waals surface area contributed by atoms with Crippen molar-refractivity contribution in [2.45, 2.75) is 13.8 Å². The standard InChI is InChI=1S/C16H15N3O4/c1-3-22-15(20)9-5-6-11-10(7-9)13-12(18-11)8-17-14(19-13)16(21)23-4-2/h5-8,18H,3-4H2,1-2H3. The largest absolute Gasteiger partial charge is 0.462 e. The minimum absolute atomic E-state index is 0.0122. The Morgan fingerprint density at radius 2 is 1.83 bits per heavy atom. The van der Waals surface area contributed by atoms with Crippen LogP contribution in [0.5, 0.6) is 0 Å². The van der Waals surface area contributed by atoms with E-state index in [1.807, 2.05) is 0 Å². The molecule has 7 nitrogen and oxygen atoms in total. The van der Waals surface area contributed by atoms with Gasteiger partial charge in [-0.2, -0.15) is 0 Å². The van der Waals surface area contributed by atoms with Crippen LogP contribution in [0.15, 0.2) is 24.4 Å². The summed E-state index contributed by atoms with van der Waals surface area (Å²) in [5.41, 5.74) is 2.46. The lowest BCUT2D eigenvalue weighted by Gasteiger charge is -2.02. The first-order valence-electron chi connectivity index (χ1n) is 7.26. The molecule has 3 aromatic rings. The molecule has 0 amide bonds. The van der Waals surface area contributed by atoms with Crippen molar-refractivity contribution in [1.29, 1.82) is 0 Å². The van der Waals surface area contributed by atoms with Crippen LogP contribution < -0.4 is 0 Å². The zero-order chi connectivity index (χ0) is 16.4. The van der Waals surface area contributed by atoms with Crippen LogP contribution in [0.1, 0.15) is 34.8 Å². The van der Waals surface area contributed by atoms with Crippen molar-refractivity contribution in [3.8, 4) is 0 Å². The Morgan fingerprint density at radius 1 is 1.09 bits per heavy atom. The monoisotopic (exact) mass is 313 g/mol. The van der Waals surface area contributed by atoms with E-state index in [-0.39, 0.29) is 12.4 Å². The molecule has 0 spiro atoms. The molecule has 1 N–H and O–H groups in total. The van der Waals surface area contributed by atoms with Gasteiger partial charge in [0, 0.05) is 10.9 Å². The molecule has 0 aliphatic carbocycles. The maximum absolute atomic E-state index is 11.9. The van der Waals surface area contributed by atoms with Crippen molar-refractivity contribution in [3.05, 3.63) is 35.8 Å². The van der Waals surface area contributed by atoms with Gasteiger partial charge in [-0.1, -0.05) is 0 Å². The number of rotatable bonds is 4. The van der Waals surface area contributed by atoms with Gasteiger partial charge in [0.2, 0.25) is 5.82 Å². The number of aromatic amines is 1. The van der Waals surface area contributed by atoms with E-state index in [0.717, 1.165) is 10.9 Å². The summed E-state index contributed by atoms with van der Waals surface area (Å²) >= 11 is 0. The highest BCUT2D eigenvalue weighted by Crippen LogP contribution is 2.24. The summed E-state index contributed by atoms with van der Waals surface area (Å²) in [7, 11) is 0. The molecule has 0 atom stereocenters. The van der Waals surface area contributed by atoms with Gasteiger partial charge in [0.05, 0.1) is 30.5 Å². The quantitative estimate of drug-likeness (QED) is 0.744. The zero-order valence-electron chi connectivity index (χ0n) is 12.8. The van der Waals surface area contributed by atoms with Crippen molar-refractivity contribution in [2.75, 3.05) is 13.2 Å². The molecular weight excluding hydrogens is 298 g/mol. The van der Waals surface area contributed by atoms with Gasteiger partial charge in [0.15, 0.2) is 0 Å². The number of carbonyl (C=O) groups is 2. The normalized spacial score (nSPS) is 10.9. The van der Waals surface area contributed by atoms with Gasteiger partial charge in [-0.15, -0.1) is 0 Å². The molecular formula is C16H15N3O4. The summed E-state index contributed by atoms with van der Waals surface area (Å²) in [5.74, 6) is -0.990. The molecule has 3 rings (SSSR count). The van der Waals surface area contributed by atoms with Crippen LogP contribution in [0, 0.1) is 0 Å². The third-order valence-corrected chi connectivity index (χ3v) is 3.30. The van der Waals surface area contributed by atoms with E-state index in [2.05, 4.69) is 15.0 Å². The average Bonchev–Trinajstić information content (AvgIpc) is 2.92. The molecule has 0 unspecified atom stereocenters. The fourth-order valence-electron chi connectivity index (χ4n) is 2.31. The summed E-state index contributed by atoms with van der Waals surface area (Å²) < 4.78 is 9.91. The summed E-state index contributed by atoms with van der Waals surface area (Å²) in [4.78, 5) is 35.0. The molecule has 0 aliphatic heterocycles. The number of carbonyl (C=O) groups excluding carboxylic acids is 2. The van der Waals surface area contributed by atoms with E-state index in [1.165, 1.54) is 6.20 Å². The van der Waals surface area contributed by atoms with Crippen LogP contribution in [-0.2, 0) is 9.47 Å². The minimum atomic E-state index is -0.578. The van der Waals surface area contributed by atoms with Crippen molar-refractivity contribution in [2.24, 2.45) is 0 Å². The Morgan fingerprint density at radius 3 is 2.57 bits per heavy atom. The third kappa shape index (κ3) is 2.73. The lowest BCUT2D eigenvalue weighted by molar-refractivity contribution is 0.0507. The lowest BCUT2D eigenvalue weighted by Crippen LogP contribution is -2.09. The van der Waals surface area contributed by atoms with Crippen LogP contribution in [0.4, 0.5) is 0 Å². The topological polar surface area (TPSA) is 94.2 Å². The number of hydrogen-bond donors (Lipinski definition) is 1. The molecule has 7 heteroatoms. The second-order valence-electron chi connectivity index (χ2n) is 4.78. The van der Waals surface area contributed by atoms with Crippen LogP contribution in [0.3, 0.4) is 0 Å². The van der Waals surface area contributed by atoms with Crippen LogP contribution in [0.25, 0.3) is 21.9 Å². The number of benzene rings is 1. The number of nitrogens with zero attached hydrogens (tertiary/aromatic N) is 2. The molecule has 2 aromatic heterocycles. The minimum Gasteiger partial charge on any atom is -0.462 e. The van der Waals surface area contributed by atoms with Gasteiger partial charge in [-0.3, -0.25) is 0 Å². The van der Waals surface area contributed by atoms with Crippen molar-refractivity contribution in [3.63, 3.8) is 0 Å². The SMILES string of the molecule is CCOC(=O)c1ccc2[nH]c3cnc(C(=O)OCC)nc3c2c1. The highest BCUT2D eigenvalue weighted by molar-refractivity contribution is 6.08. The second-order valence-corrected chi connectivity index (χ2v) is 4.78.